The van der Waals surface area contributed by atoms with Crippen LogP contribution in [-0.2, 0) is 16.0 Å². The molecular weight excluding hydrogens is 406 g/mol. The Balaban J connectivity index is 1.79. The summed E-state index contributed by atoms with van der Waals surface area (Å²) >= 11 is 0. The third-order valence-corrected chi connectivity index (χ3v) is 5.16. The first-order valence-corrected chi connectivity index (χ1v) is 9.84. The van der Waals surface area contributed by atoms with Gasteiger partial charge in [0.15, 0.2) is 5.65 Å². The molecule has 0 aliphatic carbocycles. The average molecular weight is 430 g/mol. The molecule has 0 atom stereocenters. The van der Waals surface area contributed by atoms with Crippen molar-refractivity contribution in [2.24, 2.45) is 0 Å². The maximum Gasteiger partial charge on any atom is 0.340 e. The summed E-state index contributed by atoms with van der Waals surface area (Å²) in [5.41, 5.74) is 2.75. The summed E-state index contributed by atoms with van der Waals surface area (Å²) in [7, 11) is 1.09. The van der Waals surface area contributed by atoms with E-state index in [9.17, 15) is 18.4 Å². The van der Waals surface area contributed by atoms with Gasteiger partial charge in [0.25, 0.3) is 0 Å². The molecule has 1 N–H and O–H groups in total. The Morgan fingerprint density at radius 2 is 1.90 bits per heavy atom. The second-order valence-electron chi connectivity index (χ2n) is 7.57. The van der Waals surface area contributed by atoms with Gasteiger partial charge in [0.2, 0.25) is 5.91 Å². The van der Waals surface area contributed by atoms with Crippen LogP contribution in [0.2, 0.25) is 0 Å². The van der Waals surface area contributed by atoms with Gasteiger partial charge in [0, 0.05) is 29.6 Å². The molecule has 31 heavy (non-hydrogen) atoms. The molecule has 0 spiro atoms. The van der Waals surface area contributed by atoms with Crippen LogP contribution < -0.4 is 5.32 Å². The van der Waals surface area contributed by atoms with Crippen molar-refractivity contribution >= 4 is 28.6 Å². The number of benzene rings is 1. The predicted octanol–water partition coefficient (Wildman–Crippen LogP) is 4.27. The zero-order valence-electron chi connectivity index (χ0n) is 18.0. The summed E-state index contributed by atoms with van der Waals surface area (Å²) in [5.74, 6) is -3.47. The first kappa shape index (κ1) is 22.3. The number of esters is 1. The molecule has 0 fully saturated rings. The van der Waals surface area contributed by atoms with E-state index in [0.717, 1.165) is 41.0 Å². The fourth-order valence-corrected chi connectivity index (χ4v) is 3.50. The number of hydrogen-bond acceptors (Lipinski definition) is 5. The van der Waals surface area contributed by atoms with Gasteiger partial charge in [-0.2, -0.15) is 5.10 Å². The molecule has 0 radical (unpaired) electrons. The molecular formula is C22H24F2N4O3. The van der Waals surface area contributed by atoms with Gasteiger partial charge in [0.1, 0.15) is 11.6 Å². The number of aryl methyl sites for hydroxylation is 2. The Labute approximate surface area is 178 Å². The number of methoxy groups -OCH3 is 1. The van der Waals surface area contributed by atoms with Crippen molar-refractivity contribution in [3.8, 4) is 0 Å². The van der Waals surface area contributed by atoms with E-state index in [-0.39, 0.29) is 18.2 Å². The molecule has 0 aliphatic heterocycles. The molecule has 1 aromatic carbocycles. The average Bonchev–Trinajstić information content (AvgIpc) is 3.13. The number of halogens is 2. The van der Waals surface area contributed by atoms with Crippen molar-refractivity contribution in [3.05, 3.63) is 52.3 Å². The lowest BCUT2D eigenvalue weighted by atomic mass is 10.0. The lowest BCUT2D eigenvalue weighted by Gasteiger charge is -2.13. The zero-order valence-corrected chi connectivity index (χ0v) is 18.0. The summed E-state index contributed by atoms with van der Waals surface area (Å²) < 4.78 is 34.2. The number of anilines is 1. The first-order valence-electron chi connectivity index (χ1n) is 9.84. The van der Waals surface area contributed by atoms with Crippen molar-refractivity contribution in [1.82, 2.24) is 14.8 Å². The fourth-order valence-electron chi connectivity index (χ4n) is 3.50. The molecule has 1 amide bonds. The molecule has 2 aromatic heterocycles. The third kappa shape index (κ3) is 4.40. The van der Waals surface area contributed by atoms with Crippen LogP contribution in [0.1, 0.15) is 53.5 Å². The van der Waals surface area contributed by atoms with E-state index in [1.165, 1.54) is 0 Å². The zero-order chi connectivity index (χ0) is 22.9. The monoisotopic (exact) mass is 430 g/mol. The van der Waals surface area contributed by atoms with Gasteiger partial charge in [-0.3, -0.25) is 4.79 Å². The highest BCUT2D eigenvalue weighted by molar-refractivity contribution is 5.95. The largest absolute Gasteiger partial charge is 0.465 e. The van der Waals surface area contributed by atoms with Crippen molar-refractivity contribution in [2.45, 2.75) is 46.6 Å². The molecule has 2 heterocycles. The number of aromatic nitrogens is 3. The quantitative estimate of drug-likeness (QED) is 0.591. The van der Waals surface area contributed by atoms with Gasteiger partial charge in [-0.1, -0.05) is 0 Å². The van der Waals surface area contributed by atoms with Crippen molar-refractivity contribution in [2.75, 3.05) is 12.4 Å². The number of rotatable bonds is 6. The Morgan fingerprint density at radius 3 is 2.55 bits per heavy atom. The van der Waals surface area contributed by atoms with Crippen LogP contribution >= 0.6 is 0 Å². The maximum absolute atomic E-state index is 14.1. The van der Waals surface area contributed by atoms with Crippen LogP contribution in [0.15, 0.2) is 18.3 Å². The number of hydrogen-bond donors (Lipinski definition) is 1. The van der Waals surface area contributed by atoms with E-state index in [1.54, 1.807) is 6.20 Å². The molecule has 3 aromatic rings. The van der Waals surface area contributed by atoms with Crippen molar-refractivity contribution < 1.29 is 23.1 Å². The molecule has 164 valence electrons. The lowest BCUT2D eigenvalue weighted by Crippen LogP contribution is -2.16. The minimum Gasteiger partial charge on any atom is -0.465 e. The Bertz CT molecular complexity index is 1170. The minimum absolute atomic E-state index is 0.0531. The van der Waals surface area contributed by atoms with E-state index < -0.39 is 29.1 Å². The fraction of sp³-hybridized carbons (Fsp3) is 0.364. The minimum atomic E-state index is -1.06. The second kappa shape index (κ2) is 8.79. The number of fused-ring (bicyclic) bond motifs is 1. The van der Waals surface area contributed by atoms with E-state index in [2.05, 4.69) is 20.1 Å². The van der Waals surface area contributed by atoms with E-state index >= 15 is 0 Å². The Morgan fingerprint density at radius 1 is 1.19 bits per heavy atom. The Kier molecular flexibility index (Phi) is 6.33. The normalized spacial score (nSPS) is 11.2. The second-order valence-corrected chi connectivity index (χ2v) is 7.57. The summed E-state index contributed by atoms with van der Waals surface area (Å²) in [6.07, 6.45) is 2.20. The summed E-state index contributed by atoms with van der Waals surface area (Å²) in [5, 5.41) is 7.72. The lowest BCUT2D eigenvalue weighted by molar-refractivity contribution is -0.116. The van der Waals surface area contributed by atoms with Crippen LogP contribution in [0.25, 0.3) is 11.0 Å². The highest BCUT2D eigenvalue weighted by Gasteiger charge is 2.19. The van der Waals surface area contributed by atoms with Gasteiger partial charge in [-0.15, -0.1) is 0 Å². The summed E-state index contributed by atoms with van der Waals surface area (Å²) in [6, 6.07) is 1.64. The standard InChI is InChI=1S/C22H24F2N4O3/c1-11(2)28-21-16(10-25-28)12(3)14(13(4)26-21)6-7-20(29)27-19-8-15(22(30)31-5)17(23)9-18(19)24/h8-11H,6-7H2,1-5H3,(H,27,29). The SMILES string of the molecule is COC(=O)c1cc(NC(=O)CCc2c(C)nc3c(cnn3C(C)C)c2C)c(F)cc1F. The summed E-state index contributed by atoms with van der Waals surface area (Å²) in [6.45, 7) is 7.88. The van der Waals surface area contributed by atoms with Crippen molar-refractivity contribution in [1.29, 1.82) is 0 Å². The molecule has 0 aliphatic rings. The highest BCUT2D eigenvalue weighted by Crippen LogP contribution is 2.26. The van der Waals surface area contributed by atoms with Crippen LogP contribution in [-0.4, -0.2) is 33.8 Å². The summed E-state index contributed by atoms with van der Waals surface area (Å²) in [4.78, 5) is 28.7. The number of carbonyl (C=O) groups excluding carboxylic acids is 2. The van der Waals surface area contributed by atoms with Crippen LogP contribution in [0.3, 0.4) is 0 Å². The number of pyridine rings is 1. The Hall–Kier alpha value is -3.36. The number of nitrogens with zero attached hydrogens (tertiary/aromatic N) is 3. The van der Waals surface area contributed by atoms with Crippen LogP contribution in [0.5, 0.6) is 0 Å². The first-order chi connectivity index (χ1) is 14.6. The van der Waals surface area contributed by atoms with Gasteiger partial charge in [0.05, 0.1) is 24.6 Å². The van der Waals surface area contributed by atoms with Gasteiger partial charge >= 0.3 is 5.97 Å². The topological polar surface area (TPSA) is 86.1 Å². The molecule has 3 rings (SSSR count). The third-order valence-electron chi connectivity index (χ3n) is 5.16. The molecule has 0 bridgehead atoms. The van der Waals surface area contributed by atoms with E-state index in [1.807, 2.05) is 32.4 Å². The molecule has 7 nitrogen and oxygen atoms in total. The molecule has 0 saturated heterocycles. The maximum atomic E-state index is 14.1. The number of ether oxygens (including phenoxy) is 1. The van der Waals surface area contributed by atoms with Crippen molar-refractivity contribution in [3.63, 3.8) is 0 Å². The van der Waals surface area contributed by atoms with Gasteiger partial charge in [-0.05, 0) is 51.3 Å². The van der Waals surface area contributed by atoms with Crippen LogP contribution in [0, 0.1) is 25.5 Å². The molecule has 0 unspecified atom stereocenters. The number of nitrogens with one attached hydrogen (secondary N) is 1. The number of carbonyl (C=O) groups is 2. The molecule has 9 heteroatoms. The molecule has 0 saturated carbocycles. The smallest absolute Gasteiger partial charge is 0.340 e. The van der Waals surface area contributed by atoms with Gasteiger partial charge < -0.3 is 10.1 Å². The highest BCUT2D eigenvalue weighted by atomic mass is 19.1. The van der Waals surface area contributed by atoms with Crippen LogP contribution in [0.4, 0.5) is 14.5 Å². The van der Waals surface area contributed by atoms with Gasteiger partial charge in [-0.25, -0.2) is 23.2 Å². The van der Waals surface area contributed by atoms with E-state index in [4.69, 9.17) is 0 Å². The van der Waals surface area contributed by atoms with E-state index in [0.29, 0.717) is 12.5 Å². The predicted molar refractivity (Wildman–Crippen MR) is 112 cm³/mol. The number of amides is 1.